The molecule has 124 valence electrons. The molecule has 0 bridgehead atoms. The van der Waals surface area contributed by atoms with Crippen molar-refractivity contribution in [2.75, 3.05) is 23.7 Å². The average Bonchev–Trinajstić information content (AvgIpc) is 3.09. The first-order chi connectivity index (χ1) is 11.6. The molecule has 1 fully saturated rings. The molecular formula is C19H21N3O2. The Bertz CT molecular complexity index is 752. The van der Waals surface area contributed by atoms with Crippen molar-refractivity contribution < 1.29 is 9.59 Å². The fourth-order valence-electron chi connectivity index (χ4n) is 2.88. The summed E-state index contributed by atoms with van der Waals surface area (Å²) in [6.07, 6.45) is 2.07. The van der Waals surface area contributed by atoms with Crippen LogP contribution in [0.1, 0.15) is 28.8 Å². The Kier molecular flexibility index (Phi) is 4.79. The number of rotatable bonds is 3. The van der Waals surface area contributed by atoms with Crippen LogP contribution in [0.25, 0.3) is 0 Å². The molecule has 3 rings (SSSR count). The summed E-state index contributed by atoms with van der Waals surface area (Å²) in [5, 5.41) is 5.58. The molecule has 0 spiro atoms. The van der Waals surface area contributed by atoms with Crippen LogP contribution in [0, 0.1) is 6.92 Å². The predicted octanol–water partition coefficient (Wildman–Crippen LogP) is 3.88. The number of amides is 3. The third kappa shape index (κ3) is 3.74. The second-order valence-electron chi connectivity index (χ2n) is 5.99. The molecule has 1 saturated heterocycles. The molecule has 2 aromatic carbocycles. The van der Waals surface area contributed by atoms with Gasteiger partial charge in [0.15, 0.2) is 0 Å². The third-order valence-electron chi connectivity index (χ3n) is 4.07. The van der Waals surface area contributed by atoms with Gasteiger partial charge in [-0.2, -0.15) is 0 Å². The molecule has 0 atom stereocenters. The number of anilines is 2. The molecule has 5 heteroatoms. The van der Waals surface area contributed by atoms with Crippen molar-refractivity contribution in [3.05, 3.63) is 59.7 Å². The van der Waals surface area contributed by atoms with E-state index in [1.54, 1.807) is 12.1 Å². The van der Waals surface area contributed by atoms with Crippen LogP contribution in [0.4, 0.5) is 16.2 Å². The van der Waals surface area contributed by atoms with E-state index in [4.69, 9.17) is 0 Å². The summed E-state index contributed by atoms with van der Waals surface area (Å²) in [5.74, 6) is -0.0287. The maximum absolute atomic E-state index is 12.6. The van der Waals surface area contributed by atoms with E-state index in [1.165, 1.54) is 0 Å². The van der Waals surface area contributed by atoms with Crippen LogP contribution in [-0.4, -0.2) is 29.9 Å². The average molecular weight is 323 g/mol. The Labute approximate surface area is 141 Å². The van der Waals surface area contributed by atoms with Crippen LogP contribution >= 0.6 is 0 Å². The van der Waals surface area contributed by atoms with Gasteiger partial charge in [0.1, 0.15) is 0 Å². The van der Waals surface area contributed by atoms with E-state index in [9.17, 15) is 9.59 Å². The molecule has 1 heterocycles. The van der Waals surface area contributed by atoms with Crippen molar-refractivity contribution in [3.63, 3.8) is 0 Å². The Balaban J connectivity index is 1.72. The Morgan fingerprint density at radius 3 is 2.46 bits per heavy atom. The van der Waals surface area contributed by atoms with Gasteiger partial charge in [0, 0.05) is 18.8 Å². The fraction of sp³-hybridized carbons (Fsp3) is 0.263. The van der Waals surface area contributed by atoms with Crippen LogP contribution in [0.5, 0.6) is 0 Å². The Hall–Kier alpha value is -2.82. The van der Waals surface area contributed by atoms with Gasteiger partial charge in [0.25, 0.3) is 5.91 Å². The summed E-state index contributed by atoms with van der Waals surface area (Å²) >= 11 is 0. The van der Waals surface area contributed by atoms with Crippen molar-refractivity contribution in [1.82, 2.24) is 4.90 Å². The van der Waals surface area contributed by atoms with E-state index in [0.29, 0.717) is 11.3 Å². The van der Waals surface area contributed by atoms with Crippen molar-refractivity contribution in [2.24, 2.45) is 0 Å². The summed E-state index contributed by atoms with van der Waals surface area (Å²) in [6, 6.07) is 14.3. The van der Waals surface area contributed by atoms with Gasteiger partial charge in [-0.05, 0) is 49.6 Å². The number of hydrogen-bond donors (Lipinski definition) is 2. The number of likely N-dealkylation sites (tertiary alicyclic amines) is 1. The van der Waals surface area contributed by atoms with E-state index in [-0.39, 0.29) is 11.9 Å². The Morgan fingerprint density at radius 2 is 1.71 bits per heavy atom. The first-order valence-corrected chi connectivity index (χ1v) is 8.16. The van der Waals surface area contributed by atoms with Gasteiger partial charge >= 0.3 is 6.03 Å². The maximum Gasteiger partial charge on any atom is 0.323 e. The van der Waals surface area contributed by atoms with Gasteiger partial charge in [0.2, 0.25) is 0 Å². The van der Waals surface area contributed by atoms with Gasteiger partial charge < -0.3 is 15.5 Å². The minimum Gasteiger partial charge on any atom is -0.339 e. The molecule has 1 aliphatic rings. The molecule has 2 aromatic rings. The van der Waals surface area contributed by atoms with Crippen LogP contribution in [0.15, 0.2) is 48.5 Å². The van der Waals surface area contributed by atoms with E-state index in [0.717, 1.165) is 37.2 Å². The topological polar surface area (TPSA) is 61.4 Å². The van der Waals surface area contributed by atoms with Gasteiger partial charge in [-0.1, -0.05) is 24.3 Å². The first kappa shape index (κ1) is 16.1. The van der Waals surface area contributed by atoms with Gasteiger partial charge in [-0.3, -0.25) is 4.79 Å². The minimum absolute atomic E-state index is 0.0287. The van der Waals surface area contributed by atoms with Crippen LogP contribution in [0.3, 0.4) is 0 Å². The molecule has 24 heavy (non-hydrogen) atoms. The van der Waals surface area contributed by atoms with Crippen molar-refractivity contribution in [3.8, 4) is 0 Å². The molecule has 0 aliphatic carbocycles. The lowest BCUT2D eigenvalue weighted by atomic mass is 10.1. The zero-order valence-electron chi connectivity index (χ0n) is 13.7. The van der Waals surface area contributed by atoms with E-state index < -0.39 is 0 Å². The molecule has 0 radical (unpaired) electrons. The second-order valence-corrected chi connectivity index (χ2v) is 5.99. The lowest BCUT2D eigenvalue weighted by Crippen LogP contribution is -2.29. The number of nitrogens with zero attached hydrogens (tertiary/aromatic N) is 1. The summed E-state index contributed by atoms with van der Waals surface area (Å²) in [6.45, 7) is 3.53. The molecule has 0 aromatic heterocycles. The van der Waals surface area contributed by atoms with Crippen LogP contribution in [-0.2, 0) is 0 Å². The van der Waals surface area contributed by atoms with Crippen LogP contribution in [0.2, 0.25) is 0 Å². The SMILES string of the molecule is Cc1cccc(NC(=O)Nc2ccccc2C(=O)N2CCCC2)c1. The summed E-state index contributed by atoms with van der Waals surface area (Å²) in [7, 11) is 0. The summed E-state index contributed by atoms with van der Waals surface area (Å²) in [4.78, 5) is 26.7. The molecule has 5 nitrogen and oxygen atoms in total. The molecule has 0 saturated carbocycles. The number of carbonyl (C=O) groups excluding carboxylic acids is 2. The predicted molar refractivity (Wildman–Crippen MR) is 95.4 cm³/mol. The highest BCUT2D eigenvalue weighted by atomic mass is 16.2. The van der Waals surface area contributed by atoms with E-state index in [1.807, 2.05) is 48.2 Å². The van der Waals surface area contributed by atoms with Gasteiger partial charge in [-0.25, -0.2) is 4.79 Å². The lowest BCUT2D eigenvalue weighted by Gasteiger charge is -2.18. The van der Waals surface area contributed by atoms with Crippen molar-refractivity contribution >= 4 is 23.3 Å². The largest absolute Gasteiger partial charge is 0.339 e. The summed E-state index contributed by atoms with van der Waals surface area (Å²) in [5.41, 5.74) is 2.84. The van der Waals surface area contributed by atoms with E-state index in [2.05, 4.69) is 10.6 Å². The molecule has 3 amide bonds. The number of benzene rings is 2. The smallest absolute Gasteiger partial charge is 0.323 e. The molecule has 1 aliphatic heterocycles. The summed E-state index contributed by atoms with van der Waals surface area (Å²) < 4.78 is 0. The number of urea groups is 1. The number of para-hydroxylation sites is 1. The molecular weight excluding hydrogens is 302 g/mol. The normalized spacial score (nSPS) is 13.6. The zero-order valence-corrected chi connectivity index (χ0v) is 13.7. The first-order valence-electron chi connectivity index (χ1n) is 8.16. The molecule has 0 unspecified atom stereocenters. The zero-order chi connectivity index (χ0) is 16.9. The second kappa shape index (κ2) is 7.17. The minimum atomic E-state index is -0.359. The highest BCUT2D eigenvalue weighted by Crippen LogP contribution is 2.20. The maximum atomic E-state index is 12.6. The Morgan fingerprint density at radius 1 is 0.958 bits per heavy atom. The number of aryl methyl sites for hydroxylation is 1. The number of carbonyl (C=O) groups is 2. The van der Waals surface area contributed by atoms with Gasteiger partial charge in [-0.15, -0.1) is 0 Å². The van der Waals surface area contributed by atoms with Gasteiger partial charge in [0.05, 0.1) is 11.3 Å². The highest BCUT2D eigenvalue weighted by Gasteiger charge is 2.22. The highest BCUT2D eigenvalue weighted by molar-refractivity contribution is 6.06. The van der Waals surface area contributed by atoms with Crippen molar-refractivity contribution in [2.45, 2.75) is 19.8 Å². The van der Waals surface area contributed by atoms with Crippen LogP contribution < -0.4 is 10.6 Å². The monoisotopic (exact) mass is 323 g/mol. The standard InChI is InChI=1S/C19H21N3O2/c1-14-7-6-8-15(13-14)20-19(24)21-17-10-3-2-9-16(17)18(23)22-11-4-5-12-22/h2-3,6-10,13H,4-5,11-12H2,1H3,(H2,20,21,24). The third-order valence-corrected chi connectivity index (χ3v) is 4.07. The quantitative estimate of drug-likeness (QED) is 0.900. The van der Waals surface area contributed by atoms with E-state index >= 15 is 0 Å². The van der Waals surface area contributed by atoms with Crippen molar-refractivity contribution in [1.29, 1.82) is 0 Å². The number of nitrogens with one attached hydrogen (secondary N) is 2. The lowest BCUT2D eigenvalue weighted by molar-refractivity contribution is 0.0794. The molecule has 2 N–H and O–H groups in total. The number of hydrogen-bond acceptors (Lipinski definition) is 2. The fourth-order valence-corrected chi connectivity index (χ4v) is 2.88.